The molecule has 1 unspecified atom stereocenters. The van der Waals surface area contributed by atoms with Crippen LogP contribution in [-0.2, 0) is 25.0 Å². The number of aryl methyl sites for hydroxylation is 1. The third-order valence-electron chi connectivity index (χ3n) is 6.27. The molecule has 5 rings (SSSR count). The number of hydrogen-bond donors (Lipinski definition) is 0. The van der Waals surface area contributed by atoms with Crippen molar-refractivity contribution in [2.45, 2.75) is 44.8 Å². The van der Waals surface area contributed by atoms with Crippen LogP contribution >= 0.6 is 11.3 Å². The molecule has 1 spiro atoms. The molecular weight excluding hydrogens is 416 g/mol. The van der Waals surface area contributed by atoms with E-state index in [0.717, 1.165) is 54.6 Å². The minimum absolute atomic E-state index is 0.220. The highest BCUT2D eigenvalue weighted by atomic mass is 32.1. The van der Waals surface area contributed by atoms with E-state index < -0.39 is 11.1 Å². The van der Waals surface area contributed by atoms with E-state index in [4.69, 9.17) is 9.84 Å². The van der Waals surface area contributed by atoms with Gasteiger partial charge in [0.1, 0.15) is 5.82 Å². The number of nitrogens with zero attached hydrogens (tertiary/aromatic N) is 6. The van der Waals surface area contributed by atoms with Crippen LogP contribution < -0.4 is 15.9 Å². The molecule has 0 radical (unpaired) electrons. The lowest BCUT2D eigenvalue weighted by molar-refractivity contribution is 0.290. The molecule has 5 heterocycles. The van der Waals surface area contributed by atoms with Crippen molar-refractivity contribution in [1.29, 1.82) is 0 Å². The van der Waals surface area contributed by atoms with E-state index in [-0.39, 0.29) is 12.0 Å². The summed E-state index contributed by atoms with van der Waals surface area (Å²) in [4.78, 5) is 36.5. The standard InChI is InChI=1S/C21H24N6O3S/c1-14-23-16(12-31-14)11-27-19(29)18(28)26-9-6-21(20(26)24-27)5-8-25(13-21)10-15-4-3-7-22-17(15)30-2/h3-4,7,12H,5-6,8-11,13H2,1-2H3. The van der Waals surface area contributed by atoms with Crippen LogP contribution in [0.4, 0.5) is 0 Å². The molecule has 9 nitrogen and oxygen atoms in total. The predicted octanol–water partition coefficient (Wildman–Crippen LogP) is 1.17. The van der Waals surface area contributed by atoms with Gasteiger partial charge in [-0.2, -0.15) is 5.10 Å². The molecule has 162 valence electrons. The zero-order valence-corrected chi connectivity index (χ0v) is 18.4. The molecule has 1 atom stereocenters. The fourth-order valence-electron chi connectivity index (χ4n) is 4.76. The Morgan fingerprint density at radius 2 is 2.03 bits per heavy atom. The molecule has 3 aromatic rings. The summed E-state index contributed by atoms with van der Waals surface area (Å²) in [5.74, 6) is 1.36. The number of aromatic nitrogens is 5. The van der Waals surface area contributed by atoms with Crippen molar-refractivity contribution in [2.75, 3.05) is 20.2 Å². The lowest BCUT2D eigenvalue weighted by Gasteiger charge is -2.24. The summed E-state index contributed by atoms with van der Waals surface area (Å²) in [6.07, 6.45) is 3.44. The van der Waals surface area contributed by atoms with Crippen LogP contribution in [0.1, 0.15) is 34.9 Å². The normalized spacial score (nSPS) is 20.5. The fourth-order valence-corrected chi connectivity index (χ4v) is 5.37. The van der Waals surface area contributed by atoms with Gasteiger partial charge < -0.3 is 4.74 Å². The third-order valence-corrected chi connectivity index (χ3v) is 7.09. The van der Waals surface area contributed by atoms with Gasteiger partial charge in [0.15, 0.2) is 0 Å². The van der Waals surface area contributed by atoms with E-state index in [2.05, 4.69) is 14.9 Å². The van der Waals surface area contributed by atoms with E-state index in [1.165, 1.54) is 16.0 Å². The van der Waals surface area contributed by atoms with E-state index in [9.17, 15) is 9.59 Å². The van der Waals surface area contributed by atoms with Gasteiger partial charge in [-0.05, 0) is 32.4 Å². The average Bonchev–Trinajstić information content (AvgIpc) is 3.47. The average molecular weight is 441 g/mol. The maximum atomic E-state index is 12.8. The highest BCUT2D eigenvalue weighted by molar-refractivity contribution is 7.09. The molecule has 0 saturated carbocycles. The Bertz CT molecular complexity index is 1250. The van der Waals surface area contributed by atoms with E-state index in [0.29, 0.717) is 12.4 Å². The molecule has 0 aromatic carbocycles. The summed E-state index contributed by atoms with van der Waals surface area (Å²) in [6, 6.07) is 3.93. The molecule has 0 amide bonds. The maximum absolute atomic E-state index is 12.8. The number of pyridine rings is 1. The second kappa shape index (κ2) is 7.69. The maximum Gasteiger partial charge on any atom is 0.332 e. The van der Waals surface area contributed by atoms with Crippen LogP contribution in [0.15, 0.2) is 33.3 Å². The molecule has 0 aliphatic carbocycles. The van der Waals surface area contributed by atoms with Crippen molar-refractivity contribution in [1.82, 2.24) is 29.2 Å². The SMILES string of the molecule is COc1ncccc1CN1CCC2(CCn3c2nn(Cc2csc(C)n2)c(=O)c3=O)C1. The molecule has 2 aliphatic heterocycles. The molecule has 1 fully saturated rings. The quantitative estimate of drug-likeness (QED) is 0.550. The van der Waals surface area contributed by atoms with Crippen molar-refractivity contribution in [3.63, 3.8) is 0 Å². The first-order valence-corrected chi connectivity index (χ1v) is 11.2. The minimum Gasteiger partial charge on any atom is -0.481 e. The smallest absolute Gasteiger partial charge is 0.332 e. The molecule has 3 aromatic heterocycles. The molecule has 31 heavy (non-hydrogen) atoms. The summed E-state index contributed by atoms with van der Waals surface area (Å²) >= 11 is 1.52. The summed E-state index contributed by atoms with van der Waals surface area (Å²) in [7, 11) is 1.63. The Hall–Kier alpha value is -2.85. The zero-order valence-electron chi connectivity index (χ0n) is 17.6. The van der Waals surface area contributed by atoms with E-state index in [1.54, 1.807) is 17.9 Å². The van der Waals surface area contributed by atoms with Gasteiger partial charge in [-0.15, -0.1) is 11.3 Å². The van der Waals surface area contributed by atoms with Gasteiger partial charge in [0.05, 0.1) is 24.4 Å². The van der Waals surface area contributed by atoms with Gasteiger partial charge in [0, 0.05) is 42.2 Å². The van der Waals surface area contributed by atoms with Crippen molar-refractivity contribution < 1.29 is 4.74 Å². The van der Waals surface area contributed by atoms with Crippen LogP contribution in [0.3, 0.4) is 0 Å². The summed E-state index contributed by atoms with van der Waals surface area (Å²) in [5, 5.41) is 7.53. The van der Waals surface area contributed by atoms with Crippen molar-refractivity contribution >= 4 is 11.3 Å². The first kappa shape index (κ1) is 20.1. The Labute approximate surface area is 183 Å². The Kier molecular flexibility index (Phi) is 4.98. The fraction of sp³-hybridized carbons (Fsp3) is 0.476. The molecule has 1 saturated heterocycles. The van der Waals surface area contributed by atoms with Gasteiger partial charge in [0.25, 0.3) is 0 Å². The lowest BCUT2D eigenvalue weighted by Crippen LogP contribution is -2.45. The number of likely N-dealkylation sites (tertiary alicyclic amines) is 1. The molecule has 0 N–H and O–H groups in total. The predicted molar refractivity (Wildman–Crippen MR) is 116 cm³/mol. The first-order chi connectivity index (χ1) is 15.0. The van der Waals surface area contributed by atoms with Crippen LogP contribution in [-0.4, -0.2) is 49.4 Å². The number of thiazole rings is 1. The molecule has 2 aliphatic rings. The first-order valence-electron chi connectivity index (χ1n) is 10.3. The zero-order chi connectivity index (χ0) is 21.6. The number of hydrogen-bond acceptors (Lipinski definition) is 8. The van der Waals surface area contributed by atoms with Crippen molar-refractivity contribution in [2.24, 2.45) is 0 Å². The number of ether oxygens (including phenoxy) is 1. The summed E-state index contributed by atoms with van der Waals surface area (Å²) < 4.78 is 8.27. The monoisotopic (exact) mass is 440 g/mol. The van der Waals surface area contributed by atoms with Gasteiger partial charge in [-0.3, -0.25) is 19.1 Å². The van der Waals surface area contributed by atoms with Crippen molar-refractivity contribution in [3.8, 4) is 5.88 Å². The third kappa shape index (κ3) is 3.49. The van der Waals surface area contributed by atoms with Crippen LogP contribution in [0.5, 0.6) is 5.88 Å². The number of methoxy groups -OCH3 is 1. The van der Waals surface area contributed by atoms with Gasteiger partial charge >= 0.3 is 11.1 Å². The topological polar surface area (TPSA) is 95.1 Å². The summed E-state index contributed by atoms with van der Waals surface area (Å²) in [6.45, 7) is 5.07. The molecular formula is C21H24N6O3S. The summed E-state index contributed by atoms with van der Waals surface area (Å²) in [5.41, 5.74) is 0.504. The lowest BCUT2D eigenvalue weighted by atomic mass is 9.85. The van der Waals surface area contributed by atoms with Gasteiger partial charge in [-0.1, -0.05) is 6.07 Å². The second-order valence-electron chi connectivity index (χ2n) is 8.26. The van der Waals surface area contributed by atoms with Crippen molar-refractivity contribution in [3.05, 3.63) is 66.5 Å². The molecule has 10 heteroatoms. The van der Waals surface area contributed by atoms with E-state index in [1.807, 2.05) is 24.4 Å². The highest BCUT2D eigenvalue weighted by Crippen LogP contribution is 2.41. The largest absolute Gasteiger partial charge is 0.481 e. The Morgan fingerprint density at radius 3 is 2.81 bits per heavy atom. The number of fused-ring (bicyclic) bond motifs is 2. The molecule has 0 bridgehead atoms. The van der Waals surface area contributed by atoms with Crippen LogP contribution in [0.25, 0.3) is 0 Å². The van der Waals surface area contributed by atoms with Gasteiger partial charge in [-0.25, -0.2) is 14.6 Å². The Morgan fingerprint density at radius 1 is 1.19 bits per heavy atom. The Balaban J connectivity index is 1.44. The van der Waals surface area contributed by atoms with E-state index >= 15 is 0 Å². The number of rotatable bonds is 5. The second-order valence-corrected chi connectivity index (χ2v) is 9.33. The highest BCUT2D eigenvalue weighted by Gasteiger charge is 2.47. The van der Waals surface area contributed by atoms with Crippen LogP contribution in [0, 0.1) is 6.92 Å². The van der Waals surface area contributed by atoms with Crippen LogP contribution in [0.2, 0.25) is 0 Å². The minimum atomic E-state index is -0.582. The van der Waals surface area contributed by atoms with Gasteiger partial charge in [0.2, 0.25) is 5.88 Å².